The number of ether oxygens (including phenoxy) is 1. The molecule has 4 nitrogen and oxygen atoms in total. The molecule has 4 rings (SSSR count). The van der Waals surface area contributed by atoms with Crippen molar-refractivity contribution in [3.05, 3.63) is 24.5 Å². The van der Waals surface area contributed by atoms with E-state index in [0.29, 0.717) is 13.1 Å². The van der Waals surface area contributed by atoms with E-state index in [2.05, 4.69) is 0 Å². The largest absolute Gasteiger partial charge is 0.369 e. The number of likely N-dealkylation sites (tertiary alicyclic amines) is 1. The summed E-state index contributed by atoms with van der Waals surface area (Å²) < 4.78 is 35.0. The molecule has 2 atom stereocenters. The van der Waals surface area contributed by atoms with Crippen LogP contribution in [0.3, 0.4) is 0 Å². The van der Waals surface area contributed by atoms with Crippen LogP contribution in [-0.4, -0.2) is 46.6 Å². The molecule has 23 heavy (non-hydrogen) atoms. The molecule has 6 heteroatoms. The summed E-state index contributed by atoms with van der Waals surface area (Å²) in [5.74, 6) is -3.00. The highest BCUT2D eigenvalue weighted by Gasteiger charge is 2.50. The van der Waals surface area contributed by atoms with E-state index < -0.39 is 12.0 Å². The van der Waals surface area contributed by atoms with Gasteiger partial charge in [0, 0.05) is 38.3 Å². The van der Waals surface area contributed by atoms with Crippen LogP contribution in [0.25, 0.3) is 0 Å². The molecule has 126 valence electrons. The van der Waals surface area contributed by atoms with Gasteiger partial charge in [0.05, 0.1) is 24.2 Å². The standard InChI is InChI=1S/C17H22F2N2O2/c18-17(19)4-3-13(14(11-17)20-7-1-2-8-20)15(22)21-9-5-16(6-10-21)12-23-16/h1-2,7-8,13-14H,3-6,9-12H2. The zero-order chi connectivity index (χ0) is 16.1. The second kappa shape index (κ2) is 5.30. The molecule has 3 heterocycles. The fourth-order valence-electron chi connectivity index (χ4n) is 4.04. The van der Waals surface area contributed by atoms with Crippen molar-refractivity contribution in [3.63, 3.8) is 0 Å². The summed E-state index contributed by atoms with van der Waals surface area (Å²) in [6, 6.07) is 3.20. The molecule has 1 aromatic rings. The summed E-state index contributed by atoms with van der Waals surface area (Å²) in [4.78, 5) is 14.8. The third kappa shape index (κ3) is 2.89. The zero-order valence-electron chi connectivity index (χ0n) is 13.1. The number of carbonyl (C=O) groups is 1. The van der Waals surface area contributed by atoms with Gasteiger partial charge in [0.25, 0.3) is 0 Å². The first-order valence-corrected chi connectivity index (χ1v) is 8.41. The molecule has 3 fully saturated rings. The number of piperidine rings is 1. The van der Waals surface area contributed by atoms with Gasteiger partial charge in [0.15, 0.2) is 0 Å². The van der Waals surface area contributed by atoms with Crippen LogP contribution >= 0.6 is 0 Å². The number of carbonyl (C=O) groups excluding carboxylic acids is 1. The minimum absolute atomic E-state index is 0.0240. The first-order valence-electron chi connectivity index (χ1n) is 8.41. The third-order valence-electron chi connectivity index (χ3n) is 5.66. The van der Waals surface area contributed by atoms with Crippen LogP contribution < -0.4 is 0 Å². The lowest BCUT2D eigenvalue weighted by molar-refractivity contribution is -0.144. The number of hydrogen-bond acceptors (Lipinski definition) is 2. The van der Waals surface area contributed by atoms with Gasteiger partial charge >= 0.3 is 0 Å². The van der Waals surface area contributed by atoms with Crippen molar-refractivity contribution in [2.45, 2.75) is 49.7 Å². The second-order valence-corrected chi connectivity index (χ2v) is 7.20. The first-order chi connectivity index (χ1) is 11.0. The Hall–Kier alpha value is -1.43. The lowest BCUT2D eigenvalue weighted by Crippen LogP contribution is -2.48. The Morgan fingerprint density at radius 1 is 1.13 bits per heavy atom. The van der Waals surface area contributed by atoms with E-state index >= 15 is 0 Å². The molecule has 2 unspecified atom stereocenters. The minimum atomic E-state index is -2.68. The van der Waals surface area contributed by atoms with Crippen molar-refractivity contribution in [1.82, 2.24) is 9.47 Å². The number of epoxide rings is 1. The van der Waals surface area contributed by atoms with Crippen molar-refractivity contribution >= 4 is 5.91 Å². The topological polar surface area (TPSA) is 37.8 Å². The number of amides is 1. The van der Waals surface area contributed by atoms with Crippen LogP contribution in [0.2, 0.25) is 0 Å². The normalized spacial score (nSPS) is 32.0. The summed E-state index contributed by atoms with van der Waals surface area (Å²) in [6.07, 6.45) is 5.13. The molecule has 1 aromatic heterocycles. The summed E-state index contributed by atoms with van der Waals surface area (Å²) in [5, 5.41) is 0. The molecular formula is C17H22F2N2O2. The van der Waals surface area contributed by atoms with Gasteiger partial charge in [-0.1, -0.05) is 0 Å². The maximum absolute atomic E-state index is 13.9. The maximum Gasteiger partial charge on any atom is 0.250 e. The van der Waals surface area contributed by atoms with Crippen LogP contribution in [0.15, 0.2) is 24.5 Å². The quantitative estimate of drug-likeness (QED) is 0.785. The van der Waals surface area contributed by atoms with Crippen LogP contribution in [0.1, 0.15) is 38.1 Å². The van der Waals surface area contributed by atoms with Gasteiger partial charge in [-0.25, -0.2) is 8.78 Å². The monoisotopic (exact) mass is 324 g/mol. The van der Waals surface area contributed by atoms with Crippen LogP contribution in [0.4, 0.5) is 8.78 Å². The van der Waals surface area contributed by atoms with Crippen molar-refractivity contribution in [1.29, 1.82) is 0 Å². The van der Waals surface area contributed by atoms with Crippen LogP contribution in [0, 0.1) is 5.92 Å². The molecule has 0 aromatic carbocycles. The van der Waals surface area contributed by atoms with Gasteiger partial charge < -0.3 is 14.2 Å². The lowest BCUT2D eigenvalue weighted by atomic mass is 9.80. The fraction of sp³-hybridized carbons (Fsp3) is 0.706. The smallest absolute Gasteiger partial charge is 0.250 e. The third-order valence-corrected chi connectivity index (χ3v) is 5.66. The number of rotatable bonds is 2. The van der Waals surface area contributed by atoms with E-state index in [1.807, 2.05) is 17.0 Å². The predicted molar refractivity (Wildman–Crippen MR) is 80.3 cm³/mol. The van der Waals surface area contributed by atoms with Gasteiger partial charge in [0.1, 0.15) is 0 Å². The molecule has 0 N–H and O–H groups in total. The molecular weight excluding hydrogens is 302 g/mol. The molecule has 1 aliphatic carbocycles. The van der Waals surface area contributed by atoms with Crippen molar-refractivity contribution in [3.8, 4) is 0 Å². The van der Waals surface area contributed by atoms with E-state index in [1.165, 1.54) is 0 Å². The van der Waals surface area contributed by atoms with E-state index in [-0.39, 0.29) is 36.7 Å². The van der Waals surface area contributed by atoms with Gasteiger partial charge in [-0.2, -0.15) is 0 Å². The molecule has 0 bridgehead atoms. The SMILES string of the molecule is O=C(C1CCC(F)(F)CC1n1cccc1)N1CCC2(CC1)CO2. The summed E-state index contributed by atoms with van der Waals surface area (Å²) in [6.45, 7) is 2.17. The van der Waals surface area contributed by atoms with E-state index in [4.69, 9.17) is 4.74 Å². The van der Waals surface area contributed by atoms with Gasteiger partial charge in [0.2, 0.25) is 11.8 Å². The van der Waals surface area contributed by atoms with Crippen LogP contribution in [0.5, 0.6) is 0 Å². The number of nitrogens with zero attached hydrogens (tertiary/aromatic N) is 2. The van der Waals surface area contributed by atoms with Gasteiger partial charge in [-0.15, -0.1) is 0 Å². The average molecular weight is 324 g/mol. The van der Waals surface area contributed by atoms with E-state index in [1.54, 1.807) is 17.0 Å². The number of halogens is 2. The number of aromatic nitrogens is 1. The summed E-state index contributed by atoms with van der Waals surface area (Å²) >= 11 is 0. The van der Waals surface area contributed by atoms with Gasteiger partial charge in [-0.3, -0.25) is 4.79 Å². The molecule has 3 aliphatic rings. The maximum atomic E-state index is 13.9. The Bertz CT molecular complexity index is 573. The zero-order valence-corrected chi connectivity index (χ0v) is 13.1. The number of alkyl halides is 2. The Morgan fingerprint density at radius 2 is 1.78 bits per heavy atom. The highest BCUT2D eigenvalue weighted by molar-refractivity contribution is 5.79. The Labute approximate surface area is 134 Å². The van der Waals surface area contributed by atoms with Crippen molar-refractivity contribution in [2.24, 2.45) is 5.92 Å². The Morgan fingerprint density at radius 3 is 2.39 bits per heavy atom. The Balaban J connectivity index is 1.50. The molecule has 1 spiro atoms. The lowest BCUT2D eigenvalue weighted by Gasteiger charge is -2.40. The van der Waals surface area contributed by atoms with Crippen LogP contribution in [-0.2, 0) is 9.53 Å². The molecule has 1 amide bonds. The van der Waals surface area contributed by atoms with Crippen molar-refractivity contribution < 1.29 is 18.3 Å². The summed E-state index contributed by atoms with van der Waals surface area (Å²) in [7, 11) is 0. The molecule has 2 aliphatic heterocycles. The average Bonchev–Trinajstić information content (AvgIpc) is 3.07. The van der Waals surface area contributed by atoms with Crippen molar-refractivity contribution in [2.75, 3.05) is 19.7 Å². The highest BCUT2D eigenvalue weighted by atomic mass is 19.3. The van der Waals surface area contributed by atoms with E-state index in [0.717, 1.165) is 19.4 Å². The Kier molecular flexibility index (Phi) is 3.48. The summed E-state index contributed by atoms with van der Waals surface area (Å²) in [5.41, 5.74) is 0.0240. The minimum Gasteiger partial charge on any atom is -0.369 e. The highest BCUT2D eigenvalue weighted by Crippen LogP contribution is 2.44. The van der Waals surface area contributed by atoms with Gasteiger partial charge in [-0.05, 0) is 31.4 Å². The van der Waals surface area contributed by atoms with E-state index in [9.17, 15) is 13.6 Å². The molecule has 1 saturated carbocycles. The number of hydrogen-bond donors (Lipinski definition) is 0. The molecule has 2 saturated heterocycles. The fourth-order valence-corrected chi connectivity index (χ4v) is 4.04. The molecule has 0 radical (unpaired) electrons. The second-order valence-electron chi connectivity index (χ2n) is 7.20. The predicted octanol–water partition coefficient (Wildman–Crippen LogP) is 2.86. The first kappa shape index (κ1) is 15.1.